The monoisotopic (exact) mass is 219 g/mol. The van der Waals surface area contributed by atoms with Gasteiger partial charge in [-0.2, -0.15) is 0 Å². The Morgan fingerprint density at radius 2 is 2.06 bits per heavy atom. The van der Waals surface area contributed by atoms with Crippen LogP contribution in [0.15, 0.2) is 30.3 Å². The van der Waals surface area contributed by atoms with Gasteiger partial charge in [-0.3, -0.25) is 9.69 Å². The van der Waals surface area contributed by atoms with Crippen LogP contribution in [0.25, 0.3) is 0 Å². The number of hydrogen-bond acceptors (Lipinski definition) is 2. The van der Waals surface area contributed by atoms with Crippen molar-refractivity contribution in [1.82, 2.24) is 4.90 Å². The van der Waals surface area contributed by atoms with E-state index in [-0.39, 0.29) is 11.5 Å². The van der Waals surface area contributed by atoms with Crippen molar-refractivity contribution in [3.05, 3.63) is 35.9 Å². The van der Waals surface area contributed by atoms with Crippen molar-refractivity contribution in [3.63, 3.8) is 0 Å². The van der Waals surface area contributed by atoms with Gasteiger partial charge in [-0.1, -0.05) is 30.3 Å². The van der Waals surface area contributed by atoms with Gasteiger partial charge in [0.2, 0.25) is 0 Å². The Hall–Kier alpha value is -1.35. The molecule has 0 spiro atoms. The van der Waals surface area contributed by atoms with E-state index < -0.39 is 5.97 Å². The zero-order chi connectivity index (χ0) is 11.8. The molecule has 1 aliphatic rings. The van der Waals surface area contributed by atoms with Gasteiger partial charge in [0.1, 0.15) is 0 Å². The largest absolute Gasteiger partial charge is 0.481 e. The molecule has 3 nitrogen and oxygen atoms in total. The molecule has 1 fully saturated rings. The zero-order valence-corrected chi connectivity index (χ0v) is 9.68. The summed E-state index contributed by atoms with van der Waals surface area (Å²) in [5.41, 5.74) is 0.704. The highest BCUT2D eigenvalue weighted by Crippen LogP contribution is 2.42. The number of aliphatic carboxylic acids is 1. The number of rotatable bonds is 2. The zero-order valence-electron chi connectivity index (χ0n) is 9.68. The minimum atomic E-state index is -0.698. The van der Waals surface area contributed by atoms with Gasteiger partial charge >= 0.3 is 5.97 Å². The molecule has 1 heterocycles. The van der Waals surface area contributed by atoms with E-state index >= 15 is 0 Å². The lowest BCUT2D eigenvalue weighted by Crippen LogP contribution is -2.42. The molecule has 16 heavy (non-hydrogen) atoms. The van der Waals surface area contributed by atoms with Crippen LogP contribution in [0.1, 0.15) is 18.9 Å². The molecular formula is C13H17NO2. The van der Waals surface area contributed by atoms with Crippen molar-refractivity contribution in [2.45, 2.75) is 18.9 Å². The van der Waals surface area contributed by atoms with E-state index in [1.165, 1.54) is 0 Å². The lowest BCUT2D eigenvalue weighted by atomic mass is 9.80. The van der Waals surface area contributed by atoms with Gasteiger partial charge in [0.25, 0.3) is 0 Å². The van der Waals surface area contributed by atoms with Crippen molar-refractivity contribution < 1.29 is 9.90 Å². The molecule has 0 bridgehead atoms. The van der Waals surface area contributed by atoms with Crippen LogP contribution in [0.3, 0.4) is 0 Å². The van der Waals surface area contributed by atoms with Gasteiger partial charge in [-0.05, 0) is 32.5 Å². The molecule has 1 aromatic carbocycles. The summed E-state index contributed by atoms with van der Waals surface area (Å²) in [4.78, 5) is 13.4. The predicted octanol–water partition coefficient (Wildman–Crippen LogP) is 1.94. The maximum Gasteiger partial charge on any atom is 0.308 e. The molecule has 2 rings (SSSR count). The van der Waals surface area contributed by atoms with Crippen molar-refractivity contribution in [2.75, 3.05) is 13.6 Å². The Balaban J connectivity index is 2.45. The fourth-order valence-electron chi connectivity index (χ4n) is 2.66. The Bertz CT molecular complexity index is 390. The summed E-state index contributed by atoms with van der Waals surface area (Å²) in [6.07, 6.45) is 0.719. The molecule has 0 radical (unpaired) electrons. The van der Waals surface area contributed by atoms with E-state index in [0.717, 1.165) is 18.5 Å². The van der Waals surface area contributed by atoms with Gasteiger partial charge in [-0.15, -0.1) is 0 Å². The van der Waals surface area contributed by atoms with Gasteiger partial charge in [0.05, 0.1) is 11.5 Å². The molecule has 1 aliphatic heterocycles. The summed E-state index contributed by atoms with van der Waals surface area (Å²) >= 11 is 0. The van der Waals surface area contributed by atoms with Crippen molar-refractivity contribution >= 4 is 5.97 Å². The summed E-state index contributed by atoms with van der Waals surface area (Å²) in [5.74, 6) is -1.02. The number of benzene rings is 1. The van der Waals surface area contributed by atoms with E-state index in [0.29, 0.717) is 0 Å². The van der Waals surface area contributed by atoms with Crippen molar-refractivity contribution in [3.8, 4) is 0 Å². The third kappa shape index (κ3) is 1.52. The standard InChI is InChI=1S/C13H17NO2/c1-13(10-6-4-3-5-7-10)11(12(15)16)8-9-14(13)2/h3-7,11H,8-9H2,1-2H3,(H,15,16). The fourth-order valence-corrected chi connectivity index (χ4v) is 2.66. The molecular weight excluding hydrogens is 202 g/mol. The number of nitrogens with zero attached hydrogens (tertiary/aromatic N) is 1. The molecule has 86 valence electrons. The first kappa shape index (κ1) is 11.1. The minimum absolute atomic E-state index is 0.320. The first-order valence-electron chi connectivity index (χ1n) is 5.56. The molecule has 0 aliphatic carbocycles. The second-order valence-electron chi connectivity index (χ2n) is 4.61. The van der Waals surface area contributed by atoms with E-state index in [2.05, 4.69) is 4.90 Å². The average molecular weight is 219 g/mol. The summed E-state index contributed by atoms with van der Waals surface area (Å²) in [6.45, 7) is 2.86. The molecule has 0 saturated carbocycles. The molecule has 0 aromatic heterocycles. The highest BCUT2D eigenvalue weighted by Gasteiger charge is 2.48. The SMILES string of the molecule is CN1CCC(C(=O)O)C1(C)c1ccccc1. The molecule has 3 heteroatoms. The van der Waals surface area contributed by atoms with Crippen LogP contribution in [0.5, 0.6) is 0 Å². The van der Waals surface area contributed by atoms with Crippen LogP contribution >= 0.6 is 0 Å². The number of carbonyl (C=O) groups is 1. The summed E-state index contributed by atoms with van der Waals surface area (Å²) < 4.78 is 0. The van der Waals surface area contributed by atoms with Crippen LogP contribution in [0.2, 0.25) is 0 Å². The summed E-state index contributed by atoms with van der Waals surface area (Å²) in [5, 5.41) is 9.30. The van der Waals surface area contributed by atoms with Crippen LogP contribution in [0, 0.1) is 5.92 Å². The Morgan fingerprint density at radius 1 is 1.44 bits per heavy atom. The van der Waals surface area contributed by atoms with Crippen molar-refractivity contribution in [2.24, 2.45) is 5.92 Å². The molecule has 2 atom stereocenters. The van der Waals surface area contributed by atoms with E-state index in [1.807, 2.05) is 44.3 Å². The normalized spacial score (nSPS) is 30.5. The van der Waals surface area contributed by atoms with E-state index in [4.69, 9.17) is 0 Å². The third-order valence-corrected chi connectivity index (χ3v) is 3.88. The first-order chi connectivity index (χ1) is 7.56. The summed E-state index contributed by atoms with van der Waals surface area (Å²) in [6, 6.07) is 9.91. The lowest BCUT2D eigenvalue weighted by Gasteiger charge is -2.36. The first-order valence-corrected chi connectivity index (χ1v) is 5.56. The van der Waals surface area contributed by atoms with Crippen LogP contribution < -0.4 is 0 Å². The van der Waals surface area contributed by atoms with E-state index in [9.17, 15) is 9.90 Å². The smallest absolute Gasteiger partial charge is 0.308 e. The maximum absolute atomic E-state index is 11.3. The van der Waals surface area contributed by atoms with Crippen LogP contribution in [-0.2, 0) is 10.3 Å². The number of hydrogen-bond donors (Lipinski definition) is 1. The average Bonchev–Trinajstić information content (AvgIpc) is 2.58. The topological polar surface area (TPSA) is 40.5 Å². The maximum atomic E-state index is 11.3. The fraction of sp³-hybridized carbons (Fsp3) is 0.462. The highest BCUT2D eigenvalue weighted by molar-refractivity contribution is 5.72. The lowest BCUT2D eigenvalue weighted by molar-refractivity contribution is -0.144. The third-order valence-electron chi connectivity index (χ3n) is 3.88. The highest BCUT2D eigenvalue weighted by atomic mass is 16.4. The van der Waals surface area contributed by atoms with Gasteiger partial charge in [-0.25, -0.2) is 0 Å². The van der Waals surface area contributed by atoms with Crippen LogP contribution in [-0.4, -0.2) is 29.6 Å². The molecule has 1 aromatic rings. The molecule has 0 amide bonds. The number of carboxylic acid groups (broad SMARTS) is 1. The molecule has 1 N–H and O–H groups in total. The second kappa shape index (κ2) is 3.91. The molecule has 2 unspecified atom stereocenters. The Labute approximate surface area is 95.7 Å². The summed E-state index contributed by atoms with van der Waals surface area (Å²) in [7, 11) is 2.00. The van der Waals surface area contributed by atoms with E-state index in [1.54, 1.807) is 0 Å². The second-order valence-corrected chi connectivity index (χ2v) is 4.61. The predicted molar refractivity (Wildman–Crippen MR) is 62.2 cm³/mol. The Morgan fingerprint density at radius 3 is 2.62 bits per heavy atom. The number of carboxylic acids is 1. The quantitative estimate of drug-likeness (QED) is 0.826. The van der Waals surface area contributed by atoms with Gasteiger partial charge in [0, 0.05) is 0 Å². The van der Waals surface area contributed by atoms with Gasteiger partial charge < -0.3 is 5.11 Å². The Kier molecular flexibility index (Phi) is 2.72. The number of likely N-dealkylation sites (tertiary alicyclic amines) is 1. The van der Waals surface area contributed by atoms with Crippen LogP contribution in [0.4, 0.5) is 0 Å². The van der Waals surface area contributed by atoms with Crippen molar-refractivity contribution in [1.29, 1.82) is 0 Å². The molecule has 1 saturated heterocycles. The van der Waals surface area contributed by atoms with Gasteiger partial charge in [0.15, 0.2) is 0 Å². The minimum Gasteiger partial charge on any atom is -0.481 e.